The Morgan fingerprint density at radius 1 is 1.10 bits per heavy atom. The van der Waals surface area contributed by atoms with Crippen molar-refractivity contribution in [1.82, 2.24) is 10.6 Å². The molecule has 0 aliphatic heterocycles. The summed E-state index contributed by atoms with van der Waals surface area (Å²) in [6.07, 6.45) is 7.19. The molecular weight excluding hydrogens is 378 g/mol. The van der Waals surface area contributed by atoms with Crippen LogP contribution in [-0.2, 0) is 16.0 Å². The van der Waals surface area contributed by atoms with Crippen molar-refractivity contribution in [3.63, 3.8) is 0 Å². The first kappa shape index (κ1) is 24.5. The Balaban J connectivity index is 1.90. The molecule has 6 heteroatoms. The Morgan fingerprint density at radius 2 is 1.93 bits per heavy atom. The summed E-state index contributed by atoms with van der Waals surface area (Å²) >= 11 is 0. The molecule has 1 aliphatic carbocycles. The maximum Gasteiger partial charge on any atom is 0.191 e. The van der Waals surface area contributed by atoms with Gasteiger partial charge in [-0.15, -0.1) is 0 Å². The maximum absolute atomic E-state index is 5.81. The normalized spacial score (nSPS) is 15.9. The second-order valence-electron chi connectivity index (χ2n) is 8.04. The number of guanidine groups is 1. The standard InChI is InChI=1S/C24H41N3O3/c1-4-25-23(27-20-24(12-6-7-13-24)14-17-29-5-2)26-19-21-10-8-11-22(18-21)30-16-9-15-28-3/h8,10-11,18H,4-7,9,12-17,19-20H2,1-3H3,(H2,25,26,27). The molecule has 6 nitrogen and oxygen atoms in total. The number of benzene rings is 1. The summed E-state index contributed by atoms with van der Waals surface area (Å²) in [5.41, 5.74) is 1.48. The number of aliphatic imine (C=N–C) groups is 1. The van der Waals surface area contributed by atoms with Gasteiger partial charge in [-0.25, -0.2) is 4.99 Å². The van der Waals surface area contributed by atoms with E-state index in [1.807, 2.05) is 12.1 Å². The first-order chi connectivity index (χ1) is 14.7. The molecule has 1 aromatic carbocycles. The summed E-state index contributed by atoms with van der Waals surface area (Å²) in [6.45, 7) is 9.61. The Morgan fingerprint density at radius 3 is 2.67 bits per heavy atom. The topological polar surface area (TPSA) is 64.1 Å². The van der Waals surface area contributed by atoms with Crippen LogP contribution in [-0.4, -0.2) is 52.6 Å². The van der Waals surface area contributed by atoms with Gasteiger partial charge in [-0.3, -0.25) is 0 Å². The van der Waals surface area contributed by atoms with Gasteiger partial charge in [-0.2, -0.15) is 0 Å². The molecule has 0 aromatic heterocycles. The van der Waals surface area contributed by atoms with Crippen molar-refractivity contribution in [1.29, 1.82) is 0 Å². The van der Waals surface area contributed by atoms with Gasteiger partial charge in [0.2, 0.25) is 0 Å². The number of ether oxygens (including phenoxy) is 3. The van der Waals surface area contributed by atoms with Gasteiger partial charge in [0.15, 0.2) is 5.96 Å². The third-order valence-corrected chi connectivity index (χ3v) is 5.70. The minimum atomic E-state index is 0.335. The lowest BCUT2D eigenvalue weighted by molar-refractivity contribution is 0.105. The molecule has 0 amide bonds. The molecule has 0 atom stereocenters. The maximum atomic E-state index is 5.81. The van der Waals surface area contributed by atoms with E-state index >= 15 is 0 Å². The number of rotatable bonds is 14. The van der Waals surface area contributed by atoms with Gasteiger partial charge in [0.05, 0.1) is 13.2 Å². The van der Waals surface area contributed by atoms with E-state index < -0.39 is 0 Å². The highest BCUT2D eigenvalue weighted by Gasteiger charge is 2.33. The molecule has 2 rings (SSSR count). The predicted octanol–water partition coefficient (Wildman–Crippen LogP) is 4.14. The highest BCUT2D eigenvalue weighted by Crippen LogP contribution is 2.40. The fourth-order valence-corrected chi connectivity index (χ4v) is 3.98. The summed E-state index contributed by atoms with van der Waals surface area (Å²) < 4.78 is 16.5. The Bertz CT molecular complexity index is 615. The van der Waals surface area contributed by atoms with Crippen LogP contribution in [0.4, 0.5) is 0 Å². The number of methoxy groups -OCH3 is 1. The fourth-order valence-electron chi connectivity index (χ4n) is 3.98. The molecule has 2 N–H and O–H groups in total. The zero-order valence-corrected chi connectivity index (χ0v) is 19.2. The van der Waals surface area contributed by atoms with Gasteiger partial charge in [0, 0.05) is 46.4 Å². The van der Waals surface area contributed by atoms with Crippen molar-refractivity contribution in [3.8, 4) is 5.75 Å². The van der Waals surface area contributed by atoms with E-state index in [9.17, 15) is 0 Å². The summed E-state index contributed by atoms with van der Waals surface area (Å²) in [5.74, 6) is 1.77. The number of nitrogens with zero attached hydrogens (tertiary/aromatic N) is 1. The van der Waals surface area contributed by atoms with Gasteiger partial charge >= 0.3 is 0 Å². The largest absolute Gasteiger partial charge is 0.493 e. The number of hydrogen-bond acceptors (Lipinski definition) is 4. The summed E-state index contributed by atoms with van der Waals surface area (Å²) in [4.78, 5) is 4.81. The van der Waals surface area contributed by atoms with E-state index in [4.69, 9.17) is 19.2 Å². The Hall–Kier alpha value is -1.79. The van der Waals surface area contributed by atoms with Gasteiger partial charge in [0.25, 0.3) is 0 Å². The summed E-state index contributed by atoms with van der Waals surface area (Å²) in [5, 5.41) is 6.99. The average molecular weight is 420 g/mol. The molecule has 1 aromatic rings. The Labute approximate surface area is 182 Å². The van der Waals surface area contributed by atoms with E-state index in [1.165, 1.54) is 25.7 Å². The molecule has 0 radical (unpaired) electrons. The number of hydrogen-bond donors (Lipinski definition) is 2. The minimum absolute atomic E-state index is 0.335. The van der Waals surface area contributed by atoms with Crippen LogP contribution in [0.5, 0.6) is 5.75 Å². The van der Waals surface area contributed by atoms with Crippen LogP contribution in [0, 0.1) is 5.41 Å². The zero-order chi connectivity index (χ0) is 21.5. The zero-order valence-electron chi connectivity index (χ0n) is 19.2. The third-order valence-electron chi connectivity index (χ3n) is 5.70. The van der Waals surface area contributed by atoms with Crippen LogP contribution < -0.4 is 15.4 Å². The second kappa shape index (κ2) is 14.3. The summed E-state index contributed by atoms with van der Waals surface area (Å²) in [7, 11) is 1.71. The van der Waals surface area contributed by atoms with Crippen LogP contribution in [0.15, 0.2) is 29.3 Å². The van der Waals surface area contributed by atoms with E-state index in [0.29, 0.717) is 25.2 Å². The van der Waals surface area contributed by atoms with Crippen LogP contribution >= 0.6 is 0 Å². The predicted molar refractivity (Wildman–Crippen MR) is 123 cm³/mol. The highest BCUT2D eigenvalue weighted by atomic mass is 16.5. The molecule has 1 saturated carbocycles. The smallest absolute Gasteiger partial charge is 0.191 e. The minimum Gasteiger partial charge on any atom is -0.493 e. The Kier molecular flexibility index (Phi) is 11.6. The molecule has 1 fully saturated rings. The van der Waals surface area contributed by atoms with Crippen molar-refractivity contribution < 1.29 is 14.2 Å². The van der Waals surface area contributed by atoms with Crippen molar-refractivity contribution in [2.45, 2.75) is 58.9 Å². The second-order valence-corrected chi connectivity index (χ2v) is 8.04. The molecular formula is C24H41N3O3. The molecule has 0 saturated heterocycles. The molecule has 170 valence electrons. The molecule has 0 bridgehead atoms. The lowest BCUT2D eigenvalue weighted by Gasteiger charge is -2.30. The van der Waals surface area contributed by atoms with E-state index in [-0.39, 0.29) is 0 Å². The van der Waals surface area contributed by atoms with E-state index in [0.717, 1.165) is 56.4 Å². The summed E-state index contributed by atoms with van der Waals surface area (Å²) in [6, 6.07) is 8.18. The van der Waals surface area contributed by atoms with Gasteiger partial charge in [0.1, 0.15) is 5.75 Å². The molecule has 30 heavy (non-hydrogen) atoms. The SMILES string of the molecule is CCNC(=NCc1cccc(OCCCOC)c1)NCC1(CCOCC)CCCC1. The highest BCUT2D eigenvalue weighted by molar-refractivity contribution is 5.79. The van der Waals surface area contributed by atoms with Crippen LogP contribution in [0.3, 0.4) is 0 Å². The van der Waals surface area contributed by atoms with Gasteiger partial charge in [-0.1, -0.05) is 25.0 Å². The average Bonchev–Trinajstić information content (AvgIpc) is 3.23. The van der Waals surface area contributed by atoms with Crippen LogP contribution in [0.2, 0.25) is 0 Å². The molecule has 0 unspecified atom stereocenters. The van der Waals surface area contributed by atoms with Crippen molar-refractivity contribution in [2.24, 2.45) is 10.4 Å². The number of nitrogens with one attached hydrogen (secondary N) is 2. The van der Waals surface area contributed by atoms with Gasteiger partial charge in [-0.05, 0) is 56.2 Å². The lowest BCUT2D eigenvalue weighted by Crippen LogP contribution is -2.43. The molecule has 1 aliphatic rings. The first-order valence-corrected chi connectivity index (χ1v) is 11.5. The monoisotopic (exact) mass is 419 g/mol. The van der Waals surface area contributed by atoms with Gasteiger partial charge < -0.3 is 24.8 Å². The van der Waals surface area contributed by atoms with E-state index in [2.05, 4.69) is 36.6 Å². The van der Waals surface area contributed by atoms with E-state index in [1.54, 1.807) is 7.11 Å². The fraction of sp³-hybridized carbons (Fsp3) is 0.708. The molecule has 0 heterocycles. The third kappa shape index (κ3) is 8.92. The first-order valence-electron chi connectivity index (χ1n) is 11.5. The molecule has 0 spiro atoms. The van der Waals surface area contributed by atoms with Crippen LogP contribution in [0.25, 0.3) is 0 Å². The van der Waals surface area contributed by atoms with Crippen molar-refractivity contribution in [2.75, 3.05) is 46.6 Å². The quantitative estimate of drug-likeness (QED) is 0.269. The lowest BCUT2D eigenvalue weighted by atomic mass is 9.83. The van der Waals surface area contributed by atoms with Crippen molar-refractivity contribution >= 4 is 5.96 Å². The van der Waals surface area contributed by atoms with Crippen LogP contribution in [0.1, 0.15) is 57.9 Å². The van der Waals surface area contributed by atoms with Crippen molar-refractivity contribution in [3.05, 3.63) is 29.8 Å².